The van der Waals surface area contributed by atoms with E-state index in [4.69, 9.17) is 4.74 Å². The molecule has 0 saturated carbocycles. The largest absolute Gasteiger partial charge is 0.379 e. The number of rotatable bonds is 6. The molecule has 0 fully saturated rings. The normalized spacial score (nSPS) is 13.1. The Bertz CT molecular complexity index is 507. The Labute approximate surface area is 116 Å². The minimum absolute atomic E-state index is 0.288. The predicted molar refractivity (Wildman–Crippen MR) is 71.8 cm³/mol. The fourth-order valence-electron chi connectivity index (χ4n) is 1.97. The Morgan fingerprint density at radius 3 is 2.55 bits per heavy atom. The van der Waals surface area contributed by atoms with Gasteiger partial charge in [0.2, 0.25) is 0 Å². The van der Waals surface area contributed by atoms with Crippen LogP contribution in [-0.2, 0) is 4.74 Å². The zero-order chi connectivity index (χ0) is 15.5. The molecule has 20 heavy (non-hydrogen) atoms. The number of nitrogens with one attached hydrogen (secondary N) is 1. The highest BCUT2D eigenvalue weighted by atomic mass is 19.1. The quantitative estimate of drug-likeness (QED) is 0.643. The number of halogens is 2. The lowest BCUT2D eigenvalue weighted by Crippen LogP contribution is -2.31. The van der Waals surface area contributed by atoms with Crippen molar-refractivity contribution in [1.29, 1.82) is 0 Å². The molecule has 1 atom stereocenters. The van der Waals surface area contributed by atoms with Crippen LogP contribution in [0.15, 0.2) is 12.1 Å². The summed E-state index contributed by atoms with van der Waals surface area (Å²) in [7, 11) is 1.55. The molecular weight excluding hydrogens is 270 g/mol. The van der Waals surface area contributed by atoms with E-state index >= 15 is 0 Å². The molecule has 0 bridgehead atoms. The second kappa shape index (κ2) is 6.13. The zero-order valence-electron chi connectivity index (χ0n) is 11.9. The fraction of sp³-hybridized carbons (Fsp3) is 0.538. The third-order valence-electron chi connectivity index (χ3n) is 2.97. The van der Waals surface area contributed by atoms with Gasteiger partial charge in [-0.25, -0.2) is 8.78 Å². The number of ether oxygens (including phenoxy) is 1. The van der Waals surface area contributed by atoms with Crippen LogP contribution in [0.5, 0.6) is 0 Å². The third-order valence-corrected chi connectivity index (χ3v) is 2.97. The lowest BCUT2D eigenvalue weighted by molar-refractivity contribution is -0.384. The number of nitro benzene ring substituents is 1. The maximum absolute atomic E-state index is 13.7. The van der Waals surface area contributed by atoms with Gasteiger partial charge in [0.05, 0.1) is 16.6 Å². The van der Waals surface area contributed by atoms with Gasteiger partial charge in [0.25, 0.3) is 5.69 Å². The van der Waals surface area contributed by atoms with E-state index < -0.39 is 27.8 Å². The maximum atomic E-state index is 13.7. The Morgan fingerprint density at radius 2 is 2.05 bits per heavy atom. The van der Waals surface area contributed by atoms with Gasteiger partial charge in [-0.15, -0.1) is 0 Å². The Morgan fingerprint density at radius 1 is 1.45 bits per heavy atom. The van der Waals surface area contributed by atoms with Crippen molar-refractivity contribution in [2.75, 3.05) is 12.4 Å². The van der Waals surface area contributed by atoms with E-state index in [1.54, 1.807) is 14.0 Å². The molecule has 1 N–H and O–H groups in total. The number of nitrogens with zero attached hydrogens (tertiary/aromatic N) is 1. The van der Waals surface area contributed by atoms with Crippen molar-refractivity contribution in [2.45, 2.75) is 38.8 Å². The number of nitro groups is 1. The van der Waals surface area contributed by atoms with E-state index in [1.807, 2.05) is 13.8 Å². The highest BCUT2D eigenvalue weighted by Gasteiger charge is 2.25. The van der Waals surface area contributed by atoms with Crippen molar-refractivity contribution in [3.05, 3.63) is 33.9 Å². The van der Waals surface area contributed by atoms with Crippen LogP contribution in [0.2, 0.25) is 0 Å². The van der Waals surface area contributed by atoms with Gasteiger partial charge in [-0.3, -0.25) is 10.1 Å². The van der Waals surface area contributed by atoms with Crippen LogP contribution in [-0.4, -0.2) is 23.7 Å². The standard InChI is InChI=1S/C13H18F2N2O3/c1-8(7-13(2,3)20-4)16-12-10(15)5-9(14)6-11(12)17(18)19/h5-6,8,16H,7H2,1-4H3. The summed E-state index contributed by atoms with van der Waals surface area (Å²) in [4.78, 5) is 10.0. The van der Waals surface area contributed by atoms with E-state index in [1.165, 1.54) is 0 Å². The Balaban J connectivity index is 3.00. The maximum Gasteiger partial charge on any atom is 0.298 e. The summed E-state index contributed by atoms with van der Waals surface area (Å²) < 4.78 is 32.0. The molecule has 1 rings (SSSR count). The minimum atomic E-state index is -0.987. The predicted octanol–water partition coefficient (Wildman–Crippen LogP) is 3.49. The smallest absolute Gasteiger partial charge is 0.298 e. The summed E-state index contributed by atoms with van der Waals surface area (Å²) in [6.07, 6.45) is 0.497. The SMILES string of the molecule is COC(C)(C)CC(C)Nc1c(F)cc(F)cc1[N+](=O)[O-]. The first-order chi connectivity index (χ1) is 9.16. The first-order valence-corrected chi connectivity index (χ1v) is 6.11. The second-order valence-corrected chi connectivity index (χ2v) is 5.25. The molecule has 7 heteroatoms. The summed E-state index contributed by atoms with van der Waals surface area (Å²) in [5.41, 5.74) is -1.39. The van der Waals surface area contributed by atoms with E-state index in [9.17, 15) is 18.9 Å². The molecule has 5 nitrogen and oxygen atoms in total. The van der Waals surface area contributed by atoms with Crippen LogP contribution in [0.3, 0.4) is 0 Å². The summed E-state index contributed by atoms with van der Waals surface area (Å²) in [6, 6.07) is 1.02. The average Bonchev–Trinajstić information content (AvgIpc) is 2.31. The van der Waals surface area contributed by atoms with Crippen LogP contribution in [0.4, 0.5) is 20.2 Å². The highest BCUT2D eigenvalue weighted by molar-refractivity contribution is 5.62. The molecule has 0 aromatic heterocycles. The first kappa shape index (κ1) is 16.3. The van der Waals surface area contributed by atoms with Crippen LogP contribution in [0.25, 0.3) is 0 Å². The lowest BCUT2D eigenvalue weighted by Gasteiger charge is -2.27. The molecule has 0 radical (unpaired) electrons. The number of anilines is 1. The number of methoxy groups -OCH3 is 1. The van der Waals surface area contributed by atoms with Crippen molar-refractivity contribution in [1.82, 2.24) is 0 Å². The van der Waals surface area contributed by atoms with Crippen molar-refractivity contribution in [3.8, 4) is 0 Å². The van der Waals surface area contributed by atoms with Gasteiger partial charge in [0.15, 0.2) is 5.82 Å². The van der Waals surface area contributed by atoms with Gasteiger partial charge in [-0.2, -0.15) is 0 Å². The molecular formula is C13H18F2N2O3. The van der Waals surface area contributed by atoms with Gasteiger partial charge in [-0.05, 0) is 27.2 Å². The van der Waals surface area contributed by atoms with Gasteiger partial charge in [0.1, 0.15) is 11.5 Å². The second-order valence-electron chi connectivity index (χ2n) is 5.25. The van der Waals surface area contributed by atoms with E-state index in [0.717, 1.165) is 0 Å². The molecule has 0 aliphatic carbocycles. The van der Waals surface area contributed by atoms with Crippen molar-refractivity contribution >= 4 is 11.4 Å². The number of benzene rings is 1. The molecule has 0 aliphatic heterocycles. The van der Waals surface area contributed by atoms with Crippen LogP contribution >= 0.6 is 0 Å². The summed E-state index contributed by atoms with van der Waals surface area (Å²) in [5, 5.41) is 13.6. The fourth-order valence-corrected chi connectivity index (χ4v) is 1.97. The molecule has 0 amide bonds. The highest BCUT2D eigenvalue weighted by Crippen LogP contribution is 2.30. The topological polar surface area (TPSA) is 64.4 Å². The monoisotopic (exact) mass is 288 g/mol. The molecule has 112 valence electrons. The lowest BCUT2D eigenvalue weighted by atomic mass is 9.99. The van der Waals surface area contributed by atoms with E-state index in [-0.39, 0.29) is 11.7 Å². The van der Waals surface area contributed by atoms with Crippen LogP contribution in [0.1, 0.15) is 27.2 Å². The van der Waals surface area contributed by atoms with Crippen LogP contribution < -0.4 is 5.32 Å². The van der Waals surface area contributed by atoms with E-state index in [0.29, 0.717) is 18.6 Å². The van der Waals surface area contributed by atoms with Gasteiger partial charge in [0, 0.05) is 19.2 Å². The van der Waals surface area contributed by atoms with Crippen molar-refractivity contribution in [2.24, 2.45) is 0 Å². The minimum Gasteiger partial charge on any atom is -0.379 e. The van der Waals surface area contributed by atoms with Crippen molar-refractivity contribution < 1.29 is 18.4 Å². The van der Waals surface area contributed by atoms with E-state index in [2.05, 4.69) is 5.32 Å². The van der Waals surface area contributed by atoms with Crippen LogP contribution in [0, 0.1) is 21.7 Å². The Hall–Kier alpha value is -1.76. The molecule has 0 saturated heterocycles. The zero-order valence-corrected chi connectivity index (χ0v) is 11.9. The molecule has 0 heterocycles. The third kappa shape index (κ3) is 4.12. The molecule has 1 unspecified atom stereocenters. The summed E-state index contributed by atoms with van der Waals surface area (Å²) in [5.74, 6) is -1.97. The molecule has 0 spiro atoms. The summed E-state index contributed by atoms with van der Waals surface area (Å²) in [6.45, 7) is 5.44. The number of hydrogen-bond donors (Lipinski definition) is 1. The summed E-state index contributed by atoms with van der Waals surface area (Å²) >= 11 is 0. The van der Waals surface area contributed by atoms with Gasteiger partial charge in [-0.1, -0.05) is 0 Å². The molecule has 0 aliphatic rings. The number of hydrogen-bond acceptors (Lipinski definition) is 4. The molecule has 1 aromatic carbocycles. The van der Waals surface area contributed by atoms with Crippen molar-refractivity contribution in [3.63, 3.8) is 0 Å². The first-order valence-electron chi connectivity index (χ1n) is 6.11. The Kier molecular flexibility index (Phi) is 4.99. The average molecular weight is 288 g/mol. The molecule has 1 aromatic rings. The van der Waals surface area contributed by atoms with Gasteiger partial charge >= 0.3 is 0 Å². The van der Waals surface area contributed by atoms with Gasteiger partial charge < -0.3 is 10.1 Å².